The summed E-state index contributed by atoms with van der Waals surface area (Å²) in [7, 11) is 1.66. The first-order valence-electron chi connectivity index (χ1n) is 6.00. The molecule has 2 heterocycles. The van der Waals surface area contributed by atoms with Crippen molar-refractivity contribution in [1.29, 1.82) is 0 Å². The quantitative estimate of drug-likeness (QED) is 0.825. The Morgan fingerprint density at radius 3 is 3.06 bits per heavy atom. The van der Waals surface area contributed by atoms with E-state index in [-0.39, 0.29) is 11.9 Å². The Labute approximate surface area is 101 Å². The van der Waals surface area contributed by atoms with Crippen LogP contribution in [-0.2, 0) is 11.2 Å². The van der Waals surface area contributed by atoms with E-state index in [1.165, 1.54) is 0 Å². The monoisotopic (exact) mass is 232 g/mol. The summed E-state index contributed by atoms with van der Waals surface area (Å²) in [5.41, 5.74) is 2.06. The Hall–Kier alpha value is -1.55. The summed E-state index contributed by atoms with van der Waals surface area (Å²) in [4.78, 5) is 14.1. The van der Waals surface area contributed by atoms with Crippen molar-refractivity contribution in [2.45, 2.75) is 18.9 Å². The van der Waals surface area contributed by atoms with Crippen LogP contribution >= 0.6 is 0 Å². The highest BCUT2D eigenvalue weighted by Gasteiger charge is 2.36. The molecule has 1 unspecified atom stereocenters. The molecule has 1 amide bonds. The first-order valence-corrected chi connectivity index (χ1v) is 6.00. The van der Waals surface area contributed by atoms with Gasteiger partial charge in [0.2, 0.25) is 5.91 Å². The number of amides is 1. The molecule has 17 heavy (non-hydrogen) atoms. The van der Waals surface area contributed by atoms with Gasteiger partial charge in [-0.1, -0.05) is 12.1 Å². The molecule has 1 fully saturated rings. The van der Waals surface area contributed by atoms with Crippen LogP contribution < -0.4 is 15.0 Å². The van der Waals surface area contributed by atoms with Gasteiger partial charge >= 0.3 is 0 Å². The fraction of sp³-hybridized carbons (Fsp3) is 0.462. The average molecular weight is 232 g/mol. The number of rotatable bonds is 2. The fourth-order valence-electron chi connectivity index (χ4n) is 2.77. The van der Waals surface area contributed by atoms with Crippen molar-refractivity contribution in [3.63, 3.8) is 0 Å². The predicted octanol–water partition coefficient (Wildman–Crippen LogP) is 0.946. The van der Waals surface area contributed by atoms with E-state index >= 15 is 0 Å². The molecule has 0 spiro atoms. The maximum atomic E-state index is 12.1. The van der Waals surface area contributed by atoms with Crippen molar-refractivity contribution in [3.8, 4) is 5.75 Å². The topological polar surface area (TPSA) is 41.6 Å². The van der Waals surface area contributed by atoms with Crippen molar-refractivity contribution in [1.82, 2.24) is 5.32 Å². The van der Waals surface area contributed by atoms with Crippen LogP contribution in [0, 0.1) is 0 Å². The number of fused-ring (bicyclic) bond motifs is 1. The minimum absolute atomic E-state index is 0.193. The lowest BCUT2D eigenvalue weighted by Crippen LogP contribution is -2.39. The lowest BCUT2D eigenvalue weighted by atomic mass is 10.1. The number of hydrogen-bond donors (Lipinski definition) is 1. The third kappa shape index (κ3) is 1.60. The van der Waals surface area contributed by atoms with E-state index in [9.17, 15) is 4.79 Å². The maximum absolute atomic E-state index is 12.1. The summed E-state index contributed by atoms with van der Waals surface area (Å²) >= 11 is 0. The summed E-state index contributed by atoms with van der Waals surface area (Å²) < 4.78 is 5.38. The molecule has 3 rings (SSSR count). The molecule has 0 bridgehead atoms. The van der Waals surface area contributed by atoms with Crippen LogP contribution in [0.3, 0.4) is 0 Å². The van der Waals surface area contributed by atoms with E-state index in [1.807, 2.05) is 23.1 Å². The highest BCUT2D eigenvalue weighted by atomic mass is 16.5. The Morgan fingerprint density at radius 1 is 1.47 bits per heavy atom. The van der Waals surface area contributed by atoms with E-state index in [1.54, 1.807) is 7.11 Å². The second-order valence-corrected chi connectivity index (χ2v) is 4.56. The lowest BCUT2D eigenvalue weighted by Gasteiger charge is -2.25. The number of benzene rings is 1. The molecular weight excluding hydrogens is 216 g/mol. The van der Waals surface area contributed by atoms with Gasteiger partial charge in [0, 0.05) is 6.54 Å². The molecule has 1 saturated heterocycles. The normalized spacial score (nSPS) is 23.0. The van der Waals surface area contributed by atoms with E-state index < -0.39 is 0 Å². The Bertz CT molecular complexity index is 453. The van der Waals surface area contributed by atoms with Gasteiger partial charge in [-0.3, -0.25) is 4.79 Å². The zero-order valence-corrected chi connectivity index (χ0v) is 9.90. The first kappa shape index (κ1) is 10.6. The molecule has 0 saturated carbocycles. The molecule has 1 aromatic rings. The van der Waals surface area contributed by atoms with Gasteiger partial charge in [-0.15, -0.1) is 0 Å². The van der Waals surface area contributed by atoms with Crippen LogP contribution in [0.4, 0.5) is 5.69 Å². The number of ether oxygens (including phenoxy) is 1. The molecule has 0 aromatic heterocycles. The molecule has 1 N–H and O–H groups in total. The van der Waals surface area contributed by atoms with Gasteiger partial charge in [-0.05, 0) is 24.6 Å². The smallest absolute Gasteiger partial charge is 0.231 e. The minimum atomic E-state index is 0.193. The number of hydrogen-bond acceptors (Lipinski definition) is 3. The van der Waals surface area contributed by atoms with Gasteiger partial charge in [-0.2, -0.15) is 0 Å². The van der Waals surface area contributed by atoms with Gasteiger partial charge in [0.15, 0.2) is 0 Å². The van der Waals surface area contributed by atoms with Crippen LogP contribution in [0.5, 0.6) is 5.75 Å². The molecule has 1 aromatic carbocycles. The van der Waals surface area contributed by atoms with Crippen molar-refractivity contribution in [3.05, 3.63) is 23.8 Å². The van der Waals surface area contributed by atoms with Crippen LogP contribution in [0.1, 0.15) is 12.0 Å². The number of nitrogens with one attached hydrogen (secondary N) is 1. The number of anilines is 1. The third-order valence-electron chi connectivity index (χ3n) is 3.55. The molecule has 90 valence electrons. The molecule has 4 heteroatoms. The summed E-state index contributed by atoms with van der Waals surface area (Å²) in [6.45, 7) is 1.86. The third-order valence-corrected chi connectivity index (χ3v) is 3.55. The van der Waals surface area contributed by atoms with Crippen LogP contribution in [0.15, 0.2) is 18.2 Å². The molecule has 0 radical (unpaired) electrons. The number of nitrogens with zero attached hydrogens (tertiary/aromatic N) is 1. The summed E-state index contributed by atoms with van der Waals surface area (Å²) in [6, 6.07) is 6.16. The average Bonchev–Trinajstić information content (AvgIpc) is 2.93. The molecule has 2 aliphatic heterocycles. The van der Waals surface area contributed by atoms with Crippen molar-refractivity contribution in [2.24, 2.45) is 0 Å². The highest BCUT2D eigenvalue weighted by Crippen LogP contribution is 2.39. The van der Waals surface area contributed by atoms with Crippen molar-refractivity contribution < 1.29 is 9.53 Å². The van der Waals surface area contributed by atoms with Gasteiger partial charge in [-0.25, -0.2) is 0 Å². The number of carbonyl (C=O) groups is 1. The molecule has 4 nitrogen and oxygen atoms in total. The predicted molar refractivity (Wildman–Crippen MR) is 65.5 cm³/mol. The number of carbonyl (C=O) groups excluding carboxylic acids is 1. The number of methoxy groups -OCH3 is 1. The minimum Gasteiger partial charge on any atom is -0.495 e. The van der Waals surface area contributed by atoms with Crippen LogP contribution in [0.25, 0.3) is 0 Å². The zero-order chi connectivity index (χ0) is 11.8. The molecular formula is C13H16N2O2. The second kappa shape index (κ2) is 4.04. The van der Waals surface area contributed by atoms with Gasteiger partial charge < -0.3 is 15.0 Å². The van der Waals surface area contributed by atoms with Crippen LogP contribution in [-0.4, -0.2) is 32.1 Å². The number of para-hydroxylation sites is 1. The first-order chi connectivity index (χ1) is 8.31. The zero-order valence-electron chi connectivity index (χ0n) is 9.90. The summed E-state index contributed by atoms with van der Waals surface area (Å²) in [5, 5.41) is 3.30. The Balaban J connectivity index is 2.04. The molecule has 2 aliphatic rings. The van der Waals surface area contributed by atoms with Crippen molar-refractivity contribution in [2.75, 3.05) is 25.1 Å². The van der Waals surface area contributed by atoms with E-state index in [0.717, 1.165) is 36.5 Å². The fourth-order valence-corrected chi connectivity index (χ4v) is 2.77. The standard InChI is InChI=1S/C13H16N2O2/c1-17-11-4-2-3-9-7-12(16)15(13(9)11)10-5-6-14-8-10/h2-4,10,14H,5-8H2,1H3. The van der Waals surface area contributed by atoms with Crippen LogP contribution in [0.2, 0.25) is 0 Å². The molecule has 0 aliphatic carbocycles. The SMILES string of the molecule is COc1cccc2c1N(C1CCNC1)C(=O)C2. The second-order valence-electron chi connectivity index (χ2n) is 4.56. The van der Waals surface area contributed by atoms with E-state index in [4.69, 9.17) is 4.74 Å². The lowest BCUT2D eigenvalue weighted by molar-refractivity contribution is -0.117. The highest BCUT2D eigenvalue weighted by molar-refractivity contribution is 6.03. The van der Waals surface area contributed by atoms with Gasteiger partial charge in [0.05, 0.1) is 25.3 Å². The van der Waals surface area contributed by atoms with Gasteiger partial charge in [0.25, 0.3) is 0 Å². The van der Waals surface area contributed by atoms with Gasteiger partial charge in [0.1, 0.15) is 5.75 Å². The van der Waals surface area contributed by atoms with E-state index in [0.29, 0.717) is 6.42 Å². The van der Waals surface area contributed by atoms with Crippen molar-refractivity contribution >= 4 is 11.6 Å². The molecule has 1 atom stereocenters. The Morgan fingerprint density at radius 2 is 2.35 bits per heavy atom. The van der Waals surface area contributed by atoms with E-state index in [2.05, 4.69) is 5.32 Å². The summed E-state index contributed by atoms with van der Waals surface area (Å²) in [6.07, 6.45) is 1.52. The Kier molecular flexibility index (Phi) is 2.52. The maximum Gasteiger partial charge on any atom is 0.231 e. The summed E-state index contributed by atoms with van der Waals surface area (Å²) in [5.74, 6) is 0.999. The largest absolute Gasteiger partial charge is 0.495 e.